The van der Waals surface area contributed by atoms with Crippen LogP contribution in [0.2, 0.25) is 0 Å². The van der Waals surface area contributed by atoms with Crippen molar-refractivity contribution in [3.05, 3.63) is 59.7 Å². The van der Waals surface area contributed by atoms with Crippen molar-refractivity contribution in [3.8, 4) is 0 Å². The summed E-state index contributed by atoms with van der Waals surface area (Å²) in [5.74, 6) is 0.292. The molecule has 3 rings (SSSR count). The van der Waals surface area contributed by atoms with Gasteiger partial charge in [-0.1, -0.05) is 30.3 Å². The van der Waals surface area contributed by atoms with E-state index in [0.717, 1.165) is 12.1 Å². The summed E-state index contributed by atoms with van der Waals surface area (Å²) in [7, 11) is -1.72. The fourth-order valence-electron chi connectivity index (χ4n) is 1.96. The number of anilines is 1. The summed E-state index contributed by atoms with van der Waals surface area (Å²) < 4.78 is 54.2. The lowest BCUT2D eigenvalue weighted by molar-refractivity contribution is -0.137. The molecule has 0 amide bonds. The largest absolute Gasteiger partial charge is 0.416 e. The van der Waals surface area contributed by atoms with Crippen LogP contribution in [-0.4, -0.2) is 10.0 Å². The minimum atomic E-state index is -4.44. The second-order valence-electron chi connectivity index (χ2n) is 4.39. The molecule has 0 aromatic heterocycles. The van der Waals surface area contributed by atoms with Crippen LogP contribution >= 0.6 is 0 Å². The van der Waals surface area contributed by atoms with Gasteiger partial charge in [-0.3, -0.25) is 0 Å². The summed E-state index contributed by atoms with van der Waals surface area (Å²) >= 11 is 0. The van der Waals surface area contributed by atoms with Gasteiger partial charge in [-0.25, -0.2) is 4.21 Å². The summed E-state index contributed by atoms with van der Waals surface area (Å²) in [5, 5.41) is 2.81. The van der Waals surface area contributed by atoms with Crippen LogP contribution in [0.15, 0.2) is 57.8 Å². The maximum atomic E-state index is 12.7. The Morgan fingerprint density at radius 2 is 1.76 bits per heavy atom. The molecular weight excluding hydrogens is 301 g/mol. The van der Waals surface area contributed by atoms with Crippen LogP contribution in [0.5, 0.6) is 0 Å². The van der Waals surface area contributed by atoms with Crippen molar-refractivity contribution in [2.75, 3.05) is 5.32 Å². The molecule has 2 aromatic rings. The van der Waals surface area contributed by atoms with Crippen LogP contribution < -0.4 is 5.32 Å². The predicted octanol–water partition coefficient (Wildman–Crippen LogP) is 3.60. The fraction of sp³-hybridized carbons (Fsp3) is 0.0714. The molecule has 1 N–H and O–H groups in total. The summed E-state index contributed by atoms with van der Waals surface area (Å²) in [6, 6.07) is 11.9. The molecule has 108 valence electrons. The van der Waals surface area contributed by atoms with Crippen molar-refractivity contribution < 1.29 is 17.4 Å². The molecule has 1 aliphatic heterocycles. The van der Waals surface area contributed by atoms with Gasteiger partial charge in [0.25, 0.3) is 0 Å². The summed E-state index contributed by atoms with van der Waals surface area (Å²) in [5.41, 5.74) is 0.0333. The Kier molecular flexibility index (Phi) is 3.29. The lowest BCUT2D eigenvalue weighted by atomic mass is 10.1. The number of benzene rings is 2. The van der Waals surface area contributed by atoms with Gasteiger partial charge in [0, 0.05) is 5.56 Å². The summed E-state index contributed by atoms with van der Waals surface area (Å²) in [6.07, 6.45) is -4.44. The molecular formula is C14H9F3N2OS. The van der Waals surface area contributed by atoms with Gasteiger partial charge in [-0.05, 0) is 18.2 Å². The Morgan fingerprint density at radius 1 is 1.05 bits per heavy atom. The van der Waals surface area contributed by atoms with Crippen LogP contribution in [0.4, 0.5) is 18.9 Å². The van der Waals surface area contributed by atoms with E-state index in [9.17, 15) is 17.4 Å². The van der Waals surface area contributed by atoms with E-state index in [-0.39, 0.29) is 10.6 Å². The molecule has 0 spiro atoms. The first kappa shape index (κ1) is 13.8. The van der Waals surface area contributed by atoms with Crippen LogP contribution in [0.1, 0.15) is 11.1 Å². The molecule has 0 saturated heterocycles. The van der Waals surface area contributed by atoms with Gasteiger partial charge < -0.3 is 5.32 Å². The average Bonchev–Trinajstić information content (AvgIpc) is 2.46. The second-order valence-corrected chi connectivity index (χ2v) is 5.51. The van der Waals surface area contributed by atoms with E-state index in [2.05, 4.69) is 9.71 Å². The van der Waals surface area contributed by atoms with E-state index in [1.54, 1.807) is 30.3 Å². The van der Waals surface area contributed by atoms with Gasteiger partial charge in [0.1, 0.15) is 5.84 Å². The zero-order valence-electron chi connectivity index (χ0n) is 10.5. The van der Waals surface area contributed by atoms with E-state index < -0.39 is 22.7 Å². The smallest absolute Gasteiger partial charge is 0.338 e. The number of hydrogen-bond acceptors (Lipinski definition) is 2. The van der Waals surface area contributed by atoms with Crippen molar-refractivity contribution in [3.63, 3.8) is 0 Å². The molecule has 0 saturated carbocycles. The van der Waals surface area contributed by atoms with Crippen molar-refractivity contribution in [1.29, 1.82) is 0 Å². The number of hydrogen-bond donors (Lipinski definition) is 1. The Hall–Kier alpha value is -2.15. The lowest BCUT2D eigenvalue weighted by Crippen LogP contribution is -2.20. The van der Waals surface area contributed by atoms with Gasteiger partial charge in [0.05, 0.1) is 16.1 Å². The highest BCUT2D eigenvalue weighted by atomic mass is 32.2. The van der Waals surface area contributed by atoms with E-state index in [1.807, 2.05) is 0 Å². The van der Waals surface area contributed by atoms with E-state index in [1.165, 1.54) is 6.07 Å². The highest BCUT2D eigenvalue weighted by Crippen LogP contribution is 2.34. The zero-order valence-corrected chi connectivity index (χ0v) is 11.3. The molecule has 1 aliphatic rings. The molecule has 7 heteroatoms. The number of alkyl halides is 3. The maximum Gasteiger partial charge on any atom is 0.416 e. The van der Waals surface area contributed by atoms with Crippen LogP contribution in [0.3, 0.4) is 0 Å². The van der Waals surface area contributed by atoms with Crippen molar-refractivity contribution >= 4 is 22.5 Å². The number of halogens is 3. The number of nitrogens with zero attached hydrogens (tertiary/aromatic N) is 1. The lowest BCUT2D eigenvalue weighted by Gasteiger charge is -2.19. The van der Waals surface area contributed by atoms with Crippen molar-refractivity contribution in [2.24, 2.45) is 4.40 Å². The maximum absolute atomic E-state index is 12.7. The number of amidine groups is 1. The number of nitrogens with one attached hydrogen (secondary N) is 1. The highest BCUT2D eigenvalue weighted by Gasteiger charge is 2.32. The van der Waals surface area contributed by atoms with Gasteiger partial charge in [0.2, 0.25) is 0 Å². The van der Waals surface area contributed by atoms with Crippen LogP contribution in [-0.2, 0) is 17.2 Å². The normalized spacial score (nSPS) is 17.7. The minimum absolute atomic E-state index is 0.164. The molecule has 1 atom stereocenters. The Balaban J connectivity index is 2.03. The molecule has 0 bridgehead atoms. The Labute approximate surface area is 121 Å². The van der Waals surface area contributed by atoms with Crippen molar-refractivity contribution in [2.45, 2.75) is 11.1 Å². The Bertz CT molecular complexity index is 742. The summed E-state index contributed by atoms with van der Waals surface area (Å²) in [4.78, 5) is 0.239. The predicted molar refractivity (Wildman–Crippen MR) is 74.5 cm³/mol. The fourth-order valence-corrected chi connectivity index (χ4v) is 2.86. The van der Waals surface area contributed by atoms with Gasteiger partial charge in [0.15, 0.2) is 11.0 Å². The molecule has 1 heterocycles. The topological polar surface area (TPSA) is 41.5 Å². The van der Waals surface area contributed by atoms with E-state index in [4.69, 9.17) is 0 Å². The monoisotopic (exact) mass is 310 g/mol. The van der Waals surface area contributed by atoms with Crippen molar-refractivity contribution in [1.82, 2.24) is 0 Å². The first-order chi connectivity index (χ1) is 9.95. The third-order valence-corrected chi connectivity index (χ3v) is 4.05. The minimum Gasteiger partial charge on any atom is -0.338 e. The molecule has 21 heavy (non-hydrogen) atoms. The van der Waals surface area contributed by atoms with E-state index in [0.29, 0.717) is 11.4 Å². The van der Waals surface area contributed by atoms with Crippen LogP contribution in [0.25, 0.3) is 0 Å². The first-order valence-corrected chi connectivity index (χ1v) is 7.10. The zero-order chi connectivity index (χ0) is 15.0. The quantitative estimate of drug-likeness (QED) is 0.874. The third-order valence-electron chi connectivity index (χ3n) is 2.97. The Morgan fingerprint density at radius 3 is 2.43 bits per heavy atom. The average molecular weight is 310 g/mol. The second kappa shape index (κ2) is 5.00. The SMILES string of the molecule is O=S1N=C(c2ccccc2)Nc2cc(C(F)(F)F)ccc21. The molecule has 0 radical (unpaired) electrons. The van der Waals surface area contributed by atoms with Gasteiger partial charge in [-0.15, -0.1) is 0 Å². The summed E-state index contributed by atoms with van der Waals surface area (Å²) in [6.45, 7) is 0. The molecule has 0 aliphatic carbocycles. The molecule has 2 aromatic carbocycles. The number of fused-ring (bicyclic) bond motifs is 1. The first-order valence-electron chi connectivity index (χ1n) is 5.99. The standard InChI is InChI=1S/C14H9F3N2OS/c15-14(16,17)10-6-7-12-11(8-10)18-13(19-21(12)20)9-4-2-1-3-5-9/h1-8H,(H,18,19). The van der Waals surface area contributed by atoms with Gasteiger partial charge in [-0.2, -0.15) is 17.6 Å². The molecule has 0 fully saturated rings. The molecule has 1 unspecified atom stereocenters. The third kappa shape index (κ3) is 2.69. The van der Waals surface area contributed by atoms with Crippen LogP contribution in [0, 0.1) is 0 Å². The highest BCUT2D eigenvalue weighted by molar-refractivity contribution is 7.84. The van der Waals surface area contributed by atoms with Gasteiger partial charge >= 0.3 is 6.18 Å². The number of rotatable bonds is 1. The van der Waals surface area contributed by atoms with E-state index >= 15 is 0 Å². The molecule has 3 nitrogen and oxygen atoms in total.